The number of carbonyl (C=O) groups is 1. The van der Waals surface area contributed by atoms with E-state index in [1.54, 1.807) is 5.38 Å². The number of nitrogens with zero attached hydrogens (tertiary/aromatic N) is 1. The van der Waals surface area contributed by atoms with E-state index in [9.17, 15) is 4.79 Å². The Balaban J connectivity index is 1.92. The van der Waals surface area contributed by atoms with Gasteiger partial charge in [-0.15, -0.1) is 11.3 Å². The first kappa shape index (κ1) is 14.8. The lowest BCUT2D eigenvalue weighted by molar-refractivity contribution is 0.0924. The van der Waals surface area contributed by atoms with Crippen LogP contribution in [0.5, 0.6) is 0 Å². The van der Waals surface area contributed by atoms with Crippen LogP contribution in [0.15, 0.2) is 5.38 Å². The molecular formula is C13H21N3OS2. The SMILES string of the molecule is CSC1CCCC(NC(=O)c2csc(C(C)N)n2)C1. The average molecular weight is 299 g/mol. The number of hydrogen-bond acceptors (Lipinski definition) is 5. The Morgan fingerprint density at radius 1 is 1.63 bits per heavy atom. The summed E-state index contributed by atoms with van der Waals surface area (Å²) in [6.45, 7) is 1.88. The first-order chi connectivity index (χ1) is 9.10. The Labute approximate surface area is 122 Å². The highest BCUT2D eigenvalue weighted by Gasteiger charge is 2.23. The van der Waals surface area contributed by atoms with Gasteiger partial charge in [-0.1, -0.05) is 6.42 Å². The highest BCUT2D eigenvalue weighted by atomic mass is 32.2. The van der Waals surface area contributed by atoms with Crippen molar-refractivity contribution in [3.05, 3.63) is 16.1 Å². The quantitative estimate of drug-likeness (QED) is 0.896. The molecule has 1 amide bonds. The molecule has 0 aliphatic heterocycles. The summed E-state index contributed by atoms with van der Waals surface area (Å²) in [5.74, 6) is -0.0603. The van der Waals surface area contributed by atoms with Crippen LogP contribution < -0.4 is 11.1 Å². The smallest absolute Gasteiger partial charge is 0.270 e. The van der Waals surface area contributed by atoms with Crippen LogP contribution >= 0.6 is 23.1 Å². The van der Waals surface area contributed by atoms with E-state index in [0.717, 1.165) is 17.8 Å². The van der Waals surface area contributed by atoms with E-state index < -0.39 is 0 Å². The summed E-state index contributed by atoms with van der Waals surface area (Å²) in [7, 11) is 0. The van der Waals surface area contributed by atoms with Gasteiger partial charge >= 0.3 is 0 Å². The molecule has 0 aromatic carbocycles. The predicted octanol–water partition coefficient (Wildman–Crippen LogP) is 2.57. The van der Waals surface area contributed by atoms with E-state index in [1.807, 2.05) is 18.7 Å². The van der Waals surface area contributed by atoms with Gasteiger partial charge in [0.1, 0.15) is 10.7 Å². The first-order valence-corrected chi connectivity index (χ1v) is 8.81. The van der Waals surface area contributed by atoms with E-state index in [-0.39, 0.29) is 11.9 Å². The maximum atomic E-state index is 12.1. The van der Waals surface area contributed by atoms with Crippen LogP contribution in [0.25, 0.3) is 0 Å². The maximum Gasteiger partial charge on any atom is 0.270 e. The standard InChI is InChI=1S/C13H21N3OS2/c1-8(14)13-16-11(7-19-13)12(17)15-9-4-3-5-10(6-9)18-2/h7-10H,3-6,14H2,1-2H3,(H,15,17). The molecule has 3 atom stereocenters. The minimum absolute atomic E-state index is 0.0603. The molecule has 6 heteroatoms. The van der Waals surface area contributed by atoms with Crippen LogP contribution in [0.2, 0.25) is 0 Å². The molecule has 3 unspecified atom stereocenters. The molecule has 106 valence electrons. The van der Waals surface area contributed by atoms with Crippen LogP contribution in [0.4, 0.5) is 0 Å². The molecule has 3 N–H and O–H groups in total. The van der Waals surface area contributed by atoms with E-state index in [1.165, 1.54) is 24.2 Å². The molecule has 1 aromatic rings. The number of amides is 1. The van der Waals surface area contributed by atoms with E-state index in [2.05, 4.69) is 16.6 Å². The molecule has 0 saturated heterocycles. The topological polar surface area (TPSA) is 68.0 Å². The molecule has 1 saturated carbocycles. The number of nitrogens with two attached hydrogens (primary N) is 1. The Morgan fingerprint density at radius 3 is 3.05 bits per heavy atom. The van der Waals surface area contributed by atoms with Crippen molar-refractivity contribution in [3.63, 3.8) is 0 Å². The van der Waals surface area contributed by atoms with Gasteiger partial charge in [-0.2, -0.15) is 11.8 Å². The van der Waals surface area contributed by atoms with E-state index in [4.69, 9.17) is 5.73 Å². The molecule has 1 aliphatic rings. The van der Waals surface area contributed by atoms with Crippen molar-refractivity contribution in [1.29, 1.82) is 0 Å². The fourth-order valence-corrected chi connectivity index (χ4v) is 3.94. The maximum absolute atomic E-state index is 12.1. The number of nitrogens with one attached hydrogen (secondary N) is 1. The Bertz CT molecular complexity index is 433. The van der Waals surface area contributed by atoms with Gasteiger partial charge < -0.3 is 11.1 Å². The Morgan fingerprint density at radius 2 is 2.42 bits per heavy atom. The summed E-state index contributed by atoms with van der Waals surface area (Å²) in [5.41, 5.74) is 6.26. The zero-order chi connectivity index (χ0) is 13.8. The van der Waals surface area contributed by atoms with Crippen molar-refractivity contribution in [2.24, 2.45) is 5.73 Å². The van der Waals surface area contributed by atoms with Crippen molar-refractivity contribution in [1.82, 2.24) is 10.3 Å². The highest BCUT2D eigenvalue weighted by Crippen LogP contribution is 2.27. The number of thioether (sulfide) groups is 1. The summed E-state index contributed by atoms with van der Waals surface area (Å²) in [6.07, 6.45) is 6.74. The van der Waals surface area contributed by atoms with Gasteiger partial charge in [0.2, 0.25) is 0 Å². The molecular weight excluding hydrogens is 278 g/mol. The number of aromatic nitrogens is 1. The zero-order valence-corrected chi connectivity index (χ0v) is 13.0. The van der Waals surface area contributed by atoms with Crippen molar-refractivity contribution >= 4 is 29.0 Å². The Kier molecular flexibility index (Phi) is 5.24. The molecule has 19 heavy (non-hydrogen) atoms. The van der Waals surface area contributed by atoms with Crippen molar-refractivity contribution in [3.8, 4) is 0 Å². The third-order valence-electron chi connectivity index (χ3n) is 3.44. The summed E-state index contributed by atoms with van der Waals surface area (Å²) in [5, 5.41) is 6.39. The second-order valence-corrected chi connectivity index (χ2v) is 7.08. The van der Waals surface area contributed by atoms with Crippen LogP contribution in [-0.2, 0) is 0 Å². The summed E-state index contributed by atoms with van der Waals surface area (Å²) in [4.78, 5) is 16.4. The molecule has 1 fully saturated rings. The second-order valence-electron chi connectivity index (χ2n) is 5.05. The van der Waals surface area contributed by atoms with Crippen LogP contribution in [0.3, 0.4) is 0 Å². The number of rotatable bonds is 4. The Hall–Kier alpha value is -0.590. The molecule has 1 aromatic heterocycles. The summed E-state index contributed by atoms with van der Waals surface area (Å²) in [6, 6.07) is 0.182. The summed E-state index contributed by atoms with van der Waals surface area (Å²) < 4.78 is 0. The molecule has 1 heterocycles. The lowest BCUT2D eigenvalue weighted by Crippen LogP contribution is -2.39. The van der Waals surface area contributed by atoms with Gasteiger partial charge in [-0.3, -0.25) is 4.79 Å². The fourth-order valence-electron chi connectivity index (χ4n) is 2.35. The van der Waals surface area contributed by atoms with Crippen LogP contribution in [0.1, 0.15) is 54.1 Å². The van der Waals surface area contributed by atoms with Crippen LogP contribution in [0, 0.1) is 0 Å². The van der Waals surface area contributed by atoms with Crippen LogP contribution in [-0.4, -0.2) is 28.4 Å². The fraction of sp³-hybridized carbons (Fsp3) is 0.692. The lowest BCUT2D eigenvalue weighted by atomic mass is 9.95. The molecule has 0 bridgehead atoms. The number of hydrogen-bond donors (Lipinski definition) is 2. The monoisotopic (exact) mass is 299 g/mol. The van der Waals surface area contributed by atoms with E-state index >= 15 is 0 Å². The summed E-state index contributed by atoms with van der Waals surface area (Å²) >= 11 is 3.35. The van der Waals surface area contributed by atoms with E-state index in [0.29, 0.717) is 17.0 Å². The first-order valence-electron chi connectivity index (χ1n) is 6.64. The minimum Gasteiger partial charge on any atom is -0.348 e. The predicted molar refractivity (Wildman–Crippen MR) is 81.7 cm³/mol. The molecule has 4 nitrogen and oxygen atoms in total. The molecule has 1 aliphatic carbocycles. The highest BCUT2D eigenvalue weighted by molar-refractivity contribution is 7.99. The third-order valence-corrected chi connectivity index (χ3v) is 5.58. The van der Waals surface area contributed by atoms with Gasteiger partial charge in [-0.05, 0) is 32.4 Å². The van der Waals surface area contributed by atoms with Crippen molar-refractivity contribution < 1.29 is 4.79 Å². The number of thiazole rings is 1. The largest absolute Gasteiger partial charge is 0.348 e. The number of carbonyl (C=O) groups excluding carboxylic acids is 1. The molecule has 0 spiro atoms. The van der Waals surface area contributed by atoms with Gasteiger partial charge in [0.15, 0.2) is 0 Å². The second kappa shape index (κ2) is 6.72. The molecule has 2 rings (SSSR count). The van der Waals surface area contributed by atoms with Gasteiger partial charge in [0, 0.05) is 16.7 Å². The van der Waals surface area contributed by atoms with Crippen molar-refractivity contribution in [2.45, 2.75) is 49.9 Å². The van der Waals surface area contributed by atoms with Gasteiger partial charge in [-0.25, -0.2) is 4.98 Å². The zero-order valence-electron chi connectivity index (χ0n) is 11.4. The molecule has 0 radical (unpaired) electrons. The third kappa shape index (κ3) is 3.94. The van der Waals surface area contributed by atoms with Gasteiger partial charge in [0.25, 0.3) is 5.91 Å². The minimum atomic E-state index is -0.109. The average Bonchev–Trinajstić information content (AvgIpc) is 2.89. The lowest BCUT2D eigenvalue weighted by Gasteiger charge is -2.28. The normalized spacial score (nSPS) is 25.0. The van der Waals surface area contributed by atoms with Gasteiger partial charge in [0.05, 0.1) is 6.04 Å². The van der Waals surface area contributed by atoms with Crippen molar-refractivity contribution in [2.75, 3.05) is 6.26 Å².